The summed E-state index contributed by atoms with van der Waals surface area (Å²) in [6.45, 7) is 4.06. The van der Waals surface area contributed by atoms with Gasteiger partial charge in [0.05, 0.1) is 11.9 Å². The Hall–Kier alpha value is -2.05. The van der Waals surface area contributed by atoms with Crippen LogP contribution in [-0.2, 0) is 5.75 Å². The topological polar surface area (TPSA) is 48.5 Å². The summed E-state index contributed by atoms with van der Waals surface area (Å²) in [7, 11) is 2.14. The number of rotatable bonds is 5. The second-order valence-electron chi connectivity index (χ2n) is 6.28. The highest BCUT2D eigenvalue weighted by Crippen LogP contribution is 2.17. The Kier molecular flexibility index (Phi) is 5.94. The first-order valence-electron chi connectivity index (χ1n) is 8.44. The summed E-state index contributed by atoms with van der Waals surface area (Å²) < 4.78 is 0. The van der Waals surface area contributed by atoms with Gasteiger partial charge in [0.2, 0.25) is 0 Å². The third kappa shape index (κ3) is 4.74. The standard InChI is InChI=1S/C19H24N4OS/c1-22-9-11-23(12-10-22)18-8-7-17(13-20-18)21-19(24)16-5-3-15(4-6-16)14-25-2/h3-8,13H,9-12,14H2,1-2H3,(H,21,24). The van der Waals surface area contributed by atoms with Crippen molar-refractivity contribution in [2.45, 2.75) is 5.75 Å². The minimum Gasteiger partial charge on any atom is -0.354 e. The minimum atomic E-state index is -0.107. The fraction of sp³-hybridized carbons (Fsp3) is 0.368. The monoisotopic (exact) mass is 356 g/mol. The van der Waals surface area contributed by atoms with Crippen LogP contribution >= 0.6 is 11.8 Å². The first-order chi connectivity index (χ1) is 12.2. The summed E-state index contributed by atoms with van der Waals surface area (Å²) in [6.07, 6.45) is 3.80. The molecule has 1 N–H and O–H groups in total. The maximum Gasteiger partial charge on any atom is 0.255 e. The van der Waals surface area contributed by atoms with Crippen molar-refractivity contribution in [3.63, 3.8) is 0 Å². The van der Waals surface area contributed by atoms with Crippen molar-refractivity contribution < 1.29 is 4.79 Å². The molecule has 132 valence electrons. The van der Waals surface area contributed by atoms with E-state index in [9.17, 15) is 4.79 Å². The van der Waals surface area contributed by atoms with Gasteiger partial charge in [0.15, 0.2) is 0 Å². The Balaban J connectivity index is 1.60. The van der Waals surface area contributed by atoms with E-state index < -0.39 is 0 Å². The number of nitrogens with one attached hydrogen (secondary N) is 1. The highest BCUT2D eigenvalue weighted by atomic mass is 32.2. The number of hydrogen-bond donors (Lipinski definition) is 1. The van der Waals surface area contributed by atoms with Crippen molar-refractivity contribution in [3.05, 3.63) is 53.7 Å². The van der Waals surface area contributed by atoms with E-state index in [1.807, 2.05) is 36.4 Å². The van der Waals surface area contributed by atoms with E-state index >= 15 is 0 Å². The maximum atomic E-state index is 12.3. The molecule has 0 radical (unpaired) electrons. The third-order valence-corrected chi connectivity index (χ3v) is 4.98. The summed E-state index contributed by atoms with van der Waals surface area (Å²) in [6, 6.07) is 11.6. The van der Waals surface area contributed by atoms with E-state index in [0.717, 1.165) is 43.4 Å². The van der Waals surface area contributed by atoms with Crippen LogP contribution in [0.2, 0.25) is 0 Å². The van der Waals surface area contributed by atoms with Gasteiger partial charge in [0.1, 0.15) is 5.82 Å². The molecule has 0 bridgehead atoms. The van der Waals surface area contributed by atoms with Crippen LogP contribution in [0.4, 0.5) is 11.5 Å². The summed E-state index contributed by atoms with van der Waals surface area (Å²) in [5.41, 5.74) is 2.60. The molecule has 1 aliphatic heterocycles. The van der Waals surface area contributed by atoms with Crippen molar-refractivity contribution in [1.29, 1.82) is 0 Å². The Morgan fingerprint density at radius 2 is 1.84 bits per heavy atom. The van der Waals surface area contributed by atoms with E-state index in [1.165, 1.54) is 5.56 Å². The smallest absolute Gasteiger partial charge is 0.255 e. The second kappa shape index (κ2) is 8.36. The summed E-state index contributed by atoms with van der Waals surface area (Å²) in [5.74, 6) is 1.82. The Labute approximate surface area is 153 Å². The number of nitrogens with zero attached hydrogens (tertiary/aromatic N) is 3. The zero-order valence-corrected chi connectivity index (χ0v) is 15.6. The van der Waals surface area contributed by atoms with Crippen molar-refractivity contribution in [3.8, 4) is 0 Å². The van der Waals surface area contributed by atoms with Gasteiger partial charge in [-0.3, -0.25) is 4.79 Å². The molecular weight excluding hydrogens is 332 g/mol. The molecule has 25 heavy (non-hydrogen) atoms. The summed E-state index contributed by atoms with van der Waals surface area (Å²) >= 11 is 1.77. The number of piperazine rings is 1. The van der Waals surface area contributed by atoms with Crippen LogP contribution in [0.3, 0.4) is 0 Å². The van der Waals surface area contributed by atoms with Crippen LogP contribution in [0.1, 0.15) is 15.9 Å². The average molecular weight is 356 g/mol. The Morgan fingerprint density at radius 3 is 2.44 bits per heavy atom. The molecule has 1 aliphatic rings. The molecule has 0 aliphatic carbocycles. The lowest BCUT2D eigenvalue weighted by atomic mass is 10.1. The second-order valence-corrected chi connectivity index (χ2v) is 7.15. The van der Waals surface area contributed by atoms with E-state index in [1.54, 1.807) is 18.0 Å². The number of carbonyl (C=O) groups is 1. The Bertz CT molecular complexity index is 694. The minimum absolute atomic E-state index is 0.107. The first kappa shape index (κ1) is 17.8. The molecule has 1 amide bonds. The van der Waals surface area contributed by atoms with Gasteiger partial charge in [-0.25, -0.2) is 4.98 Å². The summed E-state index contributed by atoms with van der Waals surface area (Å²) in [4.78, 5) is 21.4. The molecule has 0 atom stereocenters. The van der Waals surface area contributed by atoms with E-state index in [4.69, 9.17) is 0 Å². The van der Waals surface area contributed by atoms with Gasteiger partial charge in [-0.1, -0.05) is 12.1 Å². The molecule has 0 spiro atoms. The number of aromatic nitrogens is 1. The molecule has 2 heterocycles. The fourth-order valence-electron chi connectivity index (χ4n) is 2.80. The molecule has 0 saturated carbocycles. The average Bonchev–Trinajstić information content (AvgIpc) is 2.64. The number of amides is 1. The SMILES string of the molecule is CSCc1ccc(C(=O)Nc2ccc(N3CCN(C)CC3)nc2)cc1. The van der Waals surface area contributed by atoms with Gasteiger partial charge in [-0.15, -0.1) is 0 Å². The predicted molar refractivity (Wildman–Crippen MR) is 106 cm³/mol. The predicted octanol–water partition coefficient (Wildman–Crippen LogP) is 2.95. The molecule has 1 aromatic heterocycles. The number of hydrogen-bond acceptors (Lipinski definition) is 5. The van der Waals surface area contributed by atoms with E-state index in [2.05, 4.69) is 33.4 Å². The van der Waals surface area contributed by atoms with Crippen molar-refractivity contribution >= 4 is 29.2 Å². The van der Waals surface area contributed by atoms with Crippen molar-refractivity contribution in [2.75, 3.05) is 49.7 Å². The van der Waals surface area contributed by atoms with E-state index in [0.29, 0.717) is 5.56 Å². The number of carbonyl (C=O) groups excluding carboxylic acids is 1. The molecular formula is C19H24N4OS. The molecule has 6 heteroatoms. The van der Waals surface area contributed by atoms with Crippen LogP contribution in [0.25, 0.3) is 0 Å². The van der Waals surface area contributed by atoms with Crippen LogP contribution in [0.15, 0.2) is 42.6 Å². The van der Waals surface area contributed by atoms with Gasteiger partial charge >= 0.3 is 0 Å². The highest BCUT2D eigenvalue weighted by Gasteiger charge is 2.15. The summed E-state index contributed by atoms with van der Waals surface area (Å²) in [5, 5.41) is 2.91. The van der Waals surface area contributed by atoms with Crippen LogP contribution in [-0.4, -0.2) is 55.3 Å². The molecule has 5 nitrogen and oxygen atoms in total. The lowest BCUT2D eigenvalue weighted by molar-refractivity contribution is 0.102. The number of benzene rings is 1. The number of pyridine rings is 1. The molecule has 0 unspecified atom stereocenters. The lowest BCUT2D eigenvalue weighted by Crippen LogP contribution is -2.44. The maximum absolute atomic E-state index is 12.3. The van der Waals surface area contributed by atoms with Gasteiger partial charge < -0.3 is 15.1 Å². The van der Waals surface area contributed by atoms with Crippen molar-refractivity contribution in [2.24, 2.45) is 0 Å². The fourth-order valence-corrected chi connectivity index (χ4v) is 3.33. The number of likely N-dealkylation sites (N-methyl/N-ethyl adjacent to an activating group) is 1. The van der Waals surface area contributed by atoms with Crippen LogP contribution in [0, 0.1) is 0 Å². The molecule has 2 aromatic rings. The van der Waals surface area contributed by atoms with Gasteiger partial charge in [-0.2, -0.15) is 11.8 Å². The molecule has 3 rings (SSSR count). The normalized spacial score (nSPS) is 15.2. The zero-order chi connectivity index (χ0) is 17.6. The molecule has 1 aromatic carbocycles. The number of thioether (sulfide) groups is 1. The zero-order valence-electron chi connectivity index (χ0n) is 14.7. The van der Waals surface area contributed by atoms with Gasteiger partial charge in [-0.05, 0) is 43.1 Å². The molecule has 1 fully saturated rings. The molecule has 1 saturated heterocycles. The van der Waals surface area contributed by atoms with Gasteiger partial charge in [0, 0.05) is 37.5 Å². The van der Waals surface area contributed by atoms with Crippen LogP contribution < -0.4 is 10.2 Å². The first-order valence-corrected chi connectivity index (χ1v) is 9.84. The highest BCUT2D eigenvalue weighted by molar-refractivity contribution is 7.97. The van der Waals surface area contributed by atoms with Crippen molar-refractivity contribution in [1.82, 2.24) is 9.88 Å². The van der Waals surface area contributed by atoms with Gasteiger partial charge in [0.25, 0.3) is 5.91 Å². The van der Waals surface area contributed by atoms with Crippen LogP contribution in [0.5, 0.6) is 0 Å². The number of anilines is 2. The van der Waals surface area contributed by atoms with E-state index in [-0.39, 0.29) is 5.91 Å². The largest absolute Gasteiger partial charge is 0.354 e. The quantitative estimate of drug-likeness (QED) is 0.893. The lowest BCUT2D eigenvalue weighted by Gasteiger charge is -2.33. The third-order valence-electron chi connectivity index (χ3n) is 4.36. The Morgan fingerprint density at radius 1 is 1.12 bits per heavy atom.